The molecule has 1 rings (SSSR count). The maximum atomic E-state index is 12.2. The molecule has 1 aromatic rings. The average molecular weight is 380 g/mol. The number of hydrogen-bond donors (Lipinski definition) is 0. The summed E-state index contributed by atoms with van der Waals surface area (Å²) in [5, 5.41) is 8.97. The van der Waals surface area contributed by atoms with Crippen molar-refractivity contribution in [3.8, 4) is 0 Å². The van der Waals surface area contributed by atoms with Crippen LogP contribution in [0.4, 0.5) is 13.2 Å². The summed E-state index contributed by atoms with van der Waals surface area (Å²) in [7, 11) is 0. The minimum absolute atomic E-state index is 0.184. The number of ether oxygens (including phenoxy) is 1. The molecule has 0 unspecified atom stereocenters. The molecule has 11 heteroatoms. The standard InChI is InChI=1S/C14H17ClF3N5O2/c1-3-4-21-13(24-9-14(16,17)18)22-25-10-23(19-2)8-11-5-12(15)7-20-6-11/h4-7H,2-3,8-10H2,1H3. The Morgan fingerprint density at radius 3 is 2.80 bits per heavy atom. The SMILES string of the molecule is C=NN(CON=C(N=CCC)OCC(F)(F)F)Cc1cncc(Cl)c1. The number of aliphatic imine (C=N–C) groups is 1. The number of alkyl halides is 3. The molecule has 0 saturated carbocycles. The molecule has 0 aromatic carbocycles. The lowest BCUT2D eigenvalue weighted by Gasteiger charge is -2.16. The van der Waals surface area contributed by atoms with Gasteiger partial charge in [-0.3, -0.25) is 9.99 Å². The van der Waals surface area contributed by atoms with Crippen LogP contribution in [-0.2, 0) is 16.1 Å². The van der Waals surface area contributed by atoms with E-state index in [1.165, 1.54) is 17.4 Å². The first-order chi connectivity index (χ1) is 11.8. The Bertz CT molecular complexity index is 610. The van der Waals surface area contributed by atoms with Crippen molar-refractivity contribution >= 4 is 30.6 Å². The summed E-state index contributed by atoms with van der Waals surface area (Å²) in [5.74, 6) is 0. The Morgan fingerprint density at radius 1 is 1.44 bits per heavy atom. The van der Waals surface area contributed by atoms with Gasteiger partial charge < -0.3 is 9.57 Å². The van der Waals surface area contributed by atoms with Gasteiger partial charge in [0.05, 0.1) is 11.6 Å². The highest BCUT2D eigenvalue weighted by atomic mass is 35.5. The van der Waals surface area contributed by atoms with Crippen LogP contribution in [0.3, 0.4) is 0 Å². The Balaban J connectivity index is 2.61. The van der Waals surface area contributed by atoms with Crippen LogP contribution in [0.5, 0.6) is 0 Å². The molecule has 1 heterocycles. The molecule has 0 aliphatic rings. The molecule has 1 aromatic heterocycles. The number of oxime groups is 1. The van der Waals surface area contributed by atoms with Crippen LogP contribution in [0, 0.1) is 0 Å². The first kappa shape index (κ1) is 20.7. The van der Waals surface area contributed by atoms with Crippen molar-refractivity contribution in [1.82, 2.24) is 9.99 Å². The monoisotopic (exact) mass is 379 g/mol. The summed E-state index contributed by atoms with van der Waals surface area (Å²) in [6.07, 6.45) is 0.400. The van der Waals surface area contributed by atoms with Crippen LogP contribution in [0.25, 0.3) is 0 Å². The van der Waals surface area contributed by atoms with Crippen molar-refractivity contribution in [1.29, 1.82) is 0 Å². The first-order valence-corrected chi connectivity index (χ1v) is 7.45. The van der Waals surface area contributed by atoms with E-state index in [0.29, 0.717) is 11.4 Å². The maximum absolute atomic E-state index is 12.2. The van der Waals surface area contributed by atoms with Crippen LogP contribution in [0.2, 0.25) is 5.02 Å². The molecule has 0 saturated heterocycles. The average Bonchev–Trinajstić information content (AvgIpc) is 2.55. The minimum atomic E-state index is -4.50. The van der Waals surface area contributed by atoms with Crippen molar-refractivity contribution in [2.75, 3.05) is 13.3 Å². The molecule has 0 aliphatic carbocycles. The summed E-state index contributed by atoms with van der Waals surface area (Å²) in [6.45, 7) is 3.70. The molecule has 138 valence electrons. The van der Waals surface area contributed by atoms with E-state index in [-0.39, 0.29) is 13.3 Å². The van der Waals surface area contributed by atoms with Crippen LogP contribution in [-0.4, -0.2) is 48.5 Å². The van der Waals surface area contributed by atoms with Crippen molar-refractivity contribution < 1.29 is 22.7 Å². The predicted octanol–water partition coefficient (Wildman–Crippen LogP) is 3.46. The lowest BCUT2D eigenvalue weighted by molar-refractivity contribution is -0.157. The van der Waals surface area contributed by atoms with Crippen LogP contribution >= 0.6 is 11.6 Å². The number of halogens is 4. The van der Waals surface area contributed by atoms with Gasteiger partial charge in [0.2, 0.25) is 6.73 Å². The van der Waals surface area contributed by atoms with Crippen LogP contribution in [0.1, 0.15) is 18.9 Å². The van der Waals surface area contributed by atoms with Gasteiger partial charge in [0.25, 0.3) is 0 Å². The Labute approximate surface area is 147 Å². The smallest absolute Gasteiger partial charge is 0.422 e. The van der Waals surface area contributed by atoms with E-state index in [2.05, 4.69) is 31.7 Å². The summed E-state index contributed by atoms with van der Waals surface area (Å²) in [4.78, 5) is 12.5. The quantitative estimate of drug-likeness (QED) is 0.300. The number of amidine groups is 1. The highest BCUT2D eigenvalue weighted by Gasteiger charge is 2.29. The highest BCUT2D eigenvalue weighted by molar-refractivity contribution is 6.30. The van der Waals surface area contributed by atoms with E-state index in [4.69, 9.17) is 16.4 Å². The molecule has 0 radical (unpaired) electrons. The lowest BCUT2D eigenvalue weighted by atomic mass is 10.3. The second kappa shape index (κ2) is 10.5. The van der Waals surface area contributed by atoms with E-state index in [1.807, 2.05) is 0 Å². The molecule has 0 N–H and O–H groups in total. The molecule has 0 amide bonds. The Morgan fingerprint density at radius 2 is 2.20 bits per heavy atom. The van der Waals surface area contributed by atoms with Crippen LogP contribution < -0.4 is 0 Å². The van der Waals surface area contributed by atoms with Gasteiger partial charge in [0.15, 0.2) is 6.61 Å². The lowest BCUT2D eigenvalue weighted by Crippen LogP contribution is -2.21. The molecule has 0 spiro atoms. The third-order valence-corrected chi connectivity index (χ3v) is 2.63. The summed E-state index contributed by atoms with van der Waals surface area (Å²) < 4.78 is 41.1. The predicted molar refractivity (Wildman–Crippen MR) is 88.5 cm³/mol. The van der Waals surface area contributed by atoms with Gasteiger partial charge >= 0.3 is 12.2 Å². The van der Waals surface area contributed by atoms with Gasteiger partial charge in [-0.05, 0) is 23.2 Å². The molecule has 0 fully saturated rings. The summed E-state index contributed by atoms with van der Waals surface area (Å²) in [5.41, 5.74) is 0.741. The molecular weight excluding hydrogens is 363 g/mol. The molecule has 0 atom stereocenters. The van der Waals surface area contributed by atoms with Crippen molar-refractivity contribution in [3.63, 3.8) is 0 Å². The zero-order valence-electron chi connectivity index (χ0n) is 13.4. The van der Waals surface area contributed by atoms with Crippen molar-refractivity contribution in [3.05, 3.63) is 29.0 Å². The summed E-state index contributed by atoms with van der Waals surface area (Å²) >= 11 is 5.83. The largest absolute Gasteiger partial charge is 0.452 e. The van der Waals surface area contributed by atoms with Gasteiger partial charge in [-0.1, -0.05) is 18.5 Å². The summed E-state index contributed by atoms with van der Waals surface area (Å²) in [6, 6.07) is 1.15. The first-order valence-electron chi connectivity index (χ1n) is 7.07. The minimum Gasteiger partial charge on any atom is -0.452 e. The third kappa shape index (κ3) is 9.50. The zero-order valence-corrected chi connectivity index (χ0v) is 14.2. The fourth-order valence-electron chi connectivity index (χ4n) is 1.44. The number of pyridine rings is 1. The zero-order chi connectivity index (χ0) is 18.7. The second-order valence-electron chi connectivity index (χ2n) is 4.57. The van der Waals surface area contributed by atoms with E-state index >= 15 is 0 Å². The number of rotatable bonds is 8. The maximum Gasteiger partial charge on any atom is 0.422 e. The second-order valence-corrected chi connectivity index (χ2v) is 5.01. The van der Waals surface area contributed by atoms with Gasteiger partial charge in [-0.2, -0.15) is 18.3 Å². The van der Waals surface area contributed by atoms with Crippen molar-refractivity contribution in [2.45, 2.75) is 26.1 Å². The third-order valence-electron chi connectivity index (χ3n) is 2.43. The van der Waals surface area contributed by atoms with Crippen molar-refractivity contribution in [2.24, 2.45) is 15.2 Å². The molecule has 0 aliphatic heterocycles. The molecule has 25 heavy (non-hydrogen) atoms. The normalized spacial score (nSPS) is 12.3. The Hall–Kier alpha value is -2.36. The van der Waals surface area contributed by atoms with Crippen LogP contribution in [0.15, 0.2) is 33.7 Å². The number of hydrogen-bond acceptors (Lipinski definition) is 6. The molecule has 7 nitrogen and oxygen atoms in total. The van der Waals surface area contributed by atoms with E-state index in [1.54, 1.807) is 19.2 Å². The highest BCUT2D eigenvalue weighted by Crippen LogP contribution is 2.15. The van der Waals surface area contributed by atoms with Gasteiger partial charge in [0, 0.05) is 25.3 Å². The number of aromatic nitrogens is 1. The van der Waals surface area contributed by atoms with E-state index < -0.39 is 18.8 Å². The fraction of sp³-hybridized carbons (Fsp3) is 0.429. The van der Waals surface area contributed by atoms with E-state index in [0.717, 1.165) is 5.56 Å². The Kier molecular flexibility index (Phi) is 8.68. The van der Waals surface area contributed by atoms with Gasteiger partial charge in [0.1, 0.15) is 0 Å². The fourth-order valence-corrected chi connectivity index (χ4v) is 1.64. The van der Waals surface area contributed by atoms with E-state index in [9.17, 15) is 13.2 Å². The van der Waals surface area contributed by atoms with Gasteiger partial charge in [-0.15, -0.1) is 0 Å². The van der Waals surface area contributed by atoms with Gasteiger partial charge in [-0.25, -0.2) is 4.99 Å². The number of hydrazone groups is 1. The number of nitrogens with zero attached hydrogens (tertiary/aromatic N) is 5. The molecule has 0 bridgehead atoms. The topological polar surface area (TPSA) is 71.7 Å². The molecular formula is C14H17ClF3N5O2.